The molecule has 0 bridgehead atoms. The lowest BCUT2D eigenvalue weighted by molar-refractivity contribution is -0.121. The number of amides is 1. The minimum atomic E-state index is -0.0961. The van der Waals surface area contributed by atoms with E-state index < -0.39 is 0 Å². The average molecular weight is 419 g/mol. The Morgan fingerprint density at radius 3 is 2.81 bits per heavy atom. The molecule has 0 aliphatic carbocycles. The minimum Gasteiger partial charge on any atom is -0.495 e. The van der Waals surface area contributed by atoms with Crippen LogP contribution >= 0.6 is 31.9 Å². The lowest BCUT2D eigenvalue weighted by atomic mass is 10.2. The average Bonchev–Trinajstić information content (AvgIpc) is 2.91. The van der Waals surface area contributed by atoms with E-state index >= 15 is 0 Å². The van der Waals surface area contributed by atoms with E-state index in [0.717, 1.165) is 27.6 Å². The standard InChI is InChI=1S/C14H17Br2N3O2/c1-21-14-10(6-11(15)7-12(14)16)8-17-18-13(20)9-19-4-2-3-5-19/h6-8H,2-5,9H2,1H3,(H,18,20). The highest BCUT2D eigenvalue weighted by Gasteiger charge is 2.14. The number of likely N-dealkylation sites (tertiary alicyclic amines) is 1. The quantitative estimate of drug-likeness (QED) is 0.590. The zero-order valence-corrected chi connectivity index (χ0v) is 14.9. The Hall–Kier alpha value is -0.920. The van der Waals surface area contributed by atoms with Gasteiger partial charge in [-0.3, -0.25) is 9.69 Å². The van der Waals surface area contributed by atoms with Crippen molar-refractivity contribution in [2.45, 2.75) is 12.8 Å². The van der Waals surface area contributed by atoms with Gasteiger partial charge in [0.2, 0.25) is 0 Å². The molecule has 0 aromatic heterocycles. The maximum Gasteiger partial charge on any atom is 0.254 e. The number of halogens is 2. The molecule has 21 heavy (non-hydrogen) atoms. The summed E-state index contributed by atoms with van der Waals surface area (Å²) in [5.74, 6) is 0.580. The van der Waals surface area contributed by atoms with E-state index in [2.05, 4.69) is 47.3 Å². The van der Waals surface area contributed by atoms with Crippen molar-refractivity contribution < 1.29 is 9.53 Å². The van der Waals surface area contributed by atoms with Crippen LogP contribution in [0.2, 0.25) is 0 Å². The smallest absolute Gasteiger partial charge is 0.254 e. The van der Waals surface area contributed by atoms with E-state index in [4.69, 9.17) is 4.74 Å². The first-order valence-corrected chi connectivity index (χ1v) is 8.26. The third kappa shape index (κ3) is 4.79. The summed E-state index contributed by atoms with van der Waals surface area (Å²) < 4.78 is 7.04. The first-order valence-electron chi connectivity index (χ1n) is 6.67. The molecule has 7 heteroatoms. The molecule has 114 valence electrons. The summed E-state index contributed by atoms with van der Waals surface area (Å²) in [4.78, 5) is 13.9. The number of nitrogens with one attached hydrogen (secondary N) is 1. The molecule has 1 saturated heterocycles. The summed E-state index contributed by atoms with van der Waals surface area (Å²) in [6, 6.07) is 3.77. The molecular weight excluding hydrogens is 402 g/mol. The molecule has 5 nitrogen and oxygen atoms in total. The van der Waals surface area contributed by atoms with Gasteiger partial charge in [-0.1, -0.05) is 15.9 Å². The number of methoxy groups -OCH3 is 1. The highest BCUT2D eigenvalue weighted by atomic mass is 79.9. The van der Waals surface area contributed by atoms with E-state index in [9.17, 15) is 4.79 Å². The maximum atomic E-state index is 11.8. The van der Waals surface area contributed by atoms with Crippen LogP contribution in [0.4, 0.5) is 0 Å². The maximum absolute atomic E-state index is 11.8. The number of hydrazone groups is 1. The fourth-order valence-corrected chi connectivity index (χ4v) is 3.66. The number of hydrogen-bond donors (Lipinski definition) is 1. The van der Waals surface area contributed by atoms with Crippen LogP contribution in [0.3, 0.4) is 0 Å². The lowest BCUT2D eigenvalue weighted by Gasteiger charge is -2.12. The number of ether oxygens (including phenoxy) is 1. The molecule has 1 N–H and O–H groups in total. The zero-order valence-electron chi connectivity index (χ0n) is 11.7. The van der Waals surface area contributed by atoms with Crippen LogP contribution in [0, 0.1) is 0 Å². The Kier molecular flexibility index (Phi) is 6.20. The molecule has 0 spiro atoms. The normalized spacial score (nSPS) is 15.6. The van der Waals surface area contributed by atoms with Crippen molar-refractivity contribution in [2.75, 3.05) is 26.7 Å². The second-order valence-electron chi connectivity index (χ2n) is 4.79. The number of carbonyl (C=O) groups is 1. The molecule has 0 atom stereocenters. The van der Waals surface area contributed by atoms with Crippen molar-refractivity contribution in [3.63, 3.8) is 0 Å². The predicted molar refractivity (Wildman–Crippen MR) is 89.8 cm³/mol. The van der Waals surface area contributed by atoms with Gasteiger partial charge in [0, 0.05) is 10.0 Å². The highest BCUT2D eigenvalue weighted by molar-refractivity contribution is 9.11. The van der Waals surface area contributed by atoms with Crippen molar-refractivity contribution in [3.05, 3.63) is 26.6 Å². The molecule has 0 unspecified atom stereocenters. The molecule has 1 aliphatic heterocycles. The van der Waals surface area contributed by atoms with Gasteiger partial charge in [-0.15, -0.1) is 0 Å². The van der Waals surface area contributed by atoms with E-state index in [1.807, 2.05) is 12.1 Å². The van der Waals surface area contributed by atoms with Crippen molar-refractivity contribution >= 4 is 44.0 Å². The Morgan fingerprint density at radius 2 is 2.14 bits per heavy atom. The van der Waals surface area contributed by atoms with Gasteiger partial charge in [0.05, 0.1) is 24.3 Å². The highest BCUT2D eigenvalue weighted by Crippen LogP contribution is 2.31. The van der Waals surface area contributed by atoms with Gasteiger partial charge in [0.15, 0.2) is 0 Å². The van der Waals surface area contributed by atoms with Gasteiger partial charge in [-0.25, -0.2) is 5.43 Å². The third-order valence-corrected chi connectivity index (χ3v) is 4.25. The number of benzene rings is 1. The Labute approximate surface area is 141 Å². The summed E-state index contributed by atoms with van der Waals surface area (Å²) in [6.07, 6.45) is 3.91. The largest absolute Gasteiger partial charge is 0.495 e. The van der Waals surface area contributed by atoms with Crippen LogP contribution < -0.4 is 10.2 Å². The number of carbonyl (C=O) groups excluding carboxylic acids is 1. The fraction of sp³-hybridized carbons (Fsp3) is 0.429. The summed E-state index contributed by atoms with van der Waals surface area (Å²) in [5.41, 5.74) is 3.33. The number of rotatable bonds is 5. The predicted octanol–water partition coefficient (Wildman–Crippen LogP) is 2.77. The Morgan fingerprint density at radius 1 is 1.43 bits per heavy atom. The van der Waals surface area contributed by atoms with Crippen LogP contribution in [-0.4, -0.2) is 43.8 Å². The molecule has 1 heterocycles. The van der Waals surface area contributed by atoms with Gasteiger partial charge in [0.1, 0.15) is 5.75 Å². The van der Waals surface area contributed by atoms with Gasteiger partial charge in [-0.05, 0) is 54.0 Å². The van der Waals surface area contributed by atoms with E-state index in [1.54, 1.807) is 13.3 Å². The number of hydrogen-bond acceptors (Lipinski definition) is 4. The van der Waals surface area contributed by atoms with E-state index in [-0.39, 0.29) is 5.91 Å². The lowest BCUT2D eigenvalue weighted by Crippen LogP contribution is -2.33. The first kappa shape index (κ1) is 16.5. The molecule has 1 aromatic rings. The second-order valence-corrected chi connectivity index (χ2v) is 6.56. The topological polar surface area (TPSA) is 53.9 Å². The van der Waals surface area contributed by atoms with Gasteiger partial charge < -0.3 is 4.74 Å². The summed E-state index contributed by atoms with van der Waals surface area (Å²) in [6.45, 7) is 2.38. The Balaban J connectivity index is 1.96. The van der Waals surface area contributed by atoms with Crippen molar-refractivity contribution in [1.82, 2.24) is 10.3 Å². The van der Waals surface area contributed by atoms with E-state index in [0.29, 0.717) is 12.3 Å². The monoisotopic (exact) mass is 417 g/mol. The Bertz CT molecular complexity index is 543. The van der Waals surface area contributed by atoms with Crippen LogP contribution in [0.15, 0.2) is 26.2 Å². The summed E-state index contributed by atoms with van der Waals surface area (Å²) in [5, 5.41) is 4.00. The van der Waals surface area contributed by atoms with Crippen LogP contribution in [0.1, 0.15) is 18.4 Å². The van der Waals surface area contributed by atoms with Gasteiger partial charge in [-0.2, -0.15) is 5.10 Å². The second kappa shape index (κ2) is 7.91. The summed E-state index contributed by atoms with van der Waals surface area (Å²) >= 11 is 6.84. The molecular formula is C14H17Br2N3O2. The molecule has 0 radical (unpaired) electrons. The number of nitrogens with zero attached hydrogens (tertiary/aromatic N) is 2. The van der Waals surface area contributed by atoms with Gasteiger partial charge in [0.25, 0.3) is 5.91 Å². The fourth-order valence-electron chi connectivity index (χ4n) is 2.24. The molecule has 1 amide bonds. The van der Waals surface area contributed by atoms with Crippen molar-refractivity contribution in [3.8, 4) is 5.75 Å². The van der Waals surface area contributed by atoms with Crippen LogP contribution in [0.5, 0.6) is 5.75 Å². The van der Waals surface area contributed by atoms with Crippen LogP contribution in [-0.2, 0) is 4.79 Å². The molecule has 2 rings (SSSR count). The molecule has 1 aliphatic rings. The first-order chi connectivity index (χ1) is 10.1. The van der Waals surface area contributed by atoms with Crippen molar-refractivity contribution in [1.29, 1.82) is 0 Å². The molecule has 1 aromatic carbocycles. The summed E-state index contributed by atoms with van der Waals surface area (Å²) in [7, 11) is 1.59. The van der Waals surface area contributed by atoms with Crippen LogP contribution in [0.25, 0.3) is 0 Å². The molecule has 1 fully saturated rings. The molecule has 0 saturated carbocycles. The minimum absolute atomic E-state index is 0.0961. The zero-order chi connectivity index (χ0) is 15.2. The van der Waals surface area contributed by atoms with E-state index in [1.165, 1.54) is 12.8 Å². The SMILES string of the molecule is COc1c(Br)cc(Br)cc1C=NNC(=O)CN1CCCC1. The third-order valence-electron chi connectivity index (χ3n) is 3.20. The van der Waals surface area contributed by atoms with Crippen molar-refractivity contribution in [2.24, 2.45) is 5.10 Å². The van der Waals surface area contributed by atoms with Gasteiger partial charge >= 0.3 is 0 Å².